The monoisotopic (exact) mass is 296 g/mol. The van der Waals surface area contributed by atoms with Crippen molar-refractivity contribution in [2.75, 3.05) is 12.4 Å². The lowest BCUT2D eigenvalue weighted by Crippen LogP contribution is -2.15. The molecule has 1 amide bonds. The van der Waals surface area contributed by atoms with Gasteiger partial charge in [0.05, 0.1) is 5.69 Å². The first-order valence-electron chi connectivity index (χ1n) is 6.55. The van der Waals surface area contributed by atoms with Crippen molar-refractivity contribution in [3.8, 4) is 0 Å². The summed E-state index contributed by atoms with van der Waals surface area (Å²) in [6.07, 6.45) is 4.61. The number of nitrogens with zero attached hydrogens (tertiary/aromatic N) is 4. The number of nitrogens with one attached hydrogen (secondary N) is 1. The summed E-state index contributed by atoms with van der Waals surface area (Å²) in [5.74, 6) is 0.327. The number of aliphatic imine (C=N–C) groups is 2. The van der Waals surface area contributed by atoms with Crippen LogP contribution >= 0.6 is 0 Å². The maximum Gasteiger partial charge on any atom is 0.254 e. The Morgan fingerprint density at radius 2 is 2.18 bits per heavy atom. The number of aryl methyl sites for hydroxylation is 1. The Morgan fingerprint density at radius 1 is 1.36 bits per heavy atom. The smallest absolute Gasteiger partial charge is 0.254 e. The van der Waals surface area contributed by atoms with E-state index in [1.807, 2.05) is 24.3 Å². The van der Waals surface area contributed by atoms with Gasteiger partial charge in [-0.3, -0.25) is 14.8 Å². The van der Waals surface area contributed by atoms with E-state index in [9.17, 15) is 4.79 Å². The first kappa shape index (κ1) is 15.3. The van der Waals surface area contributed by atoms with Crippen molar-refractivity contribution in [2.45, 2.75) is 6.92 Å². The van der Waals surface area contributed by atoms with Gasteiger partial charge in [-0.1, -0.05) is 6.07 Å². The van der Waals surface area contributed by atoms with Crippen LogP contribution in [0.15, 0.2) is 40.4 Å². The summed E-state index contributed by atoms with van der Waals surface area (Å²) in [7, 11) is 1.67. The fraction of sp³-hybridized carbons (Fsp3) is 0.133. The lowest BCUT2D eigenvalue weighted by molar-refractivity contribution is 0.100. The molecule has 3 N–H and O–H groups in total. The van der Waals surface area contributed by atoms with Gasteiger partial charge in [0.15, 0.2) is 0 Å². The van der Waals surface area contributed by atoms with Gasteiger partial charge in [-0.15, -0.1) is 0 Å². The third kappa shape index (κ3) is 3.95. The summed E-state index contributed by atoms with van der Waals surface area (Å²) >= 11 is 0. The highest BCUT2D eigenvalue weighted by atomic mass is 16.1. The van der Waals surface area contributed by atoms with Crippen LogP contribution < -0.4 is 11.1 Å². The topological polar surface area (TPSA) is 106 Å². The molecular formula is C15H16N6O. The SMILES string of the molecule is CN=CC=Nc1cccc(Nc2nc(C)ncc2C(N)=O)c1. The van der Waals surface area contributed by atoms with Gasteiger partial charge in [-0.05, 0) is 25.1 Å². The second kappa shape index (κ2) is 7.07. The van der Waals surface area contributed by atoms with E-state index < -0.39 is 5.91 Å². The second-order valence-electron chi connectivity index (χ2n) is 4.40. The van der Waals surface area contributed by atoms with E-state index >= 15 is 0 Å². The zero-order valence-corrected chi connectivity index (χ0v) is 12.3. The molecule has 1 aromatic carbocycles. The van der Waals surface area contributed by atoms with Gasteiger partial charge in [0, 0.05) is 31.4 Å². The zero-order chi connectivity index (χ0) is 15.9. The number of carbonyl (C=O) groups excluding carboxylic acids is 1. The first-order chi connectivity index (χ1) is 10.6. The molecule has 0 aliphatic rings. The molecule has 0 fully saturated rings. The Balaban J connectivity index is 2.29. The standard InChI is InChI=1S/C15H16N6O/c1-10-19-9-13(14(16)22)15(20-10)21-12-5-3-4-11(8-12)18-7-6-17-2/h3-9H,1-2H3,(H2,16,22)(H,19,20,21). The van der Waals surface area contributed by atoms with Crippen LogP contribution in [-0.2, 0) is 0 Å². The molecule has 1 heterocycles. The van der Waals surface area contributed by atoms with Crippen molar-refractivity contribution in [3.63, 3.8) is 0 Å². The van der Waals surface area contributed by atoms with E-state index in [-0.39, 0.29) is 5.56 Å². The van der Waals surface area contributed by atoms with Crippen molar-refractivity contribution in [1.29, 1.82) is 0 Å². The normalized spacial score (nSPS) is 11.2. The molecule has 0 spiro atoms. The minimum absolute atomic E-state index is 0.234. The van der Waals surface area contributed by atoms with Crippen molar-refractivity contribution >= 4 is 35.5 Å². The Labute approximate surface area is 128 Å². The Kier molecular flexibility index (Phi) is 4.92. The molecule has 22 heavy (non-hydrogen) atoms. The Hall–Kier alpha value is -3.09. The molecular weight excluding hydrogens is 280 g/mol. The van der Waals surface area contributed by atoms with Gasteiger partial charge in [0.2, 0.25) is 0 Å². The van der Waals surface area contributed by atoms with Crippen LogP contribution in [0.3, 0.4) is 0 Å². The Bertz CT molecular complexity index is 739. The van der Waals surface area contributed by atoms with Gasteiger partial charge in [-0.2, -0.15) is 0 Å². The zero-order valence-electron chi connectivity index (χ0n) is 12.3. The summed E-state index contributed by atoms with van der Waals surface area (Å²) < 4.78 is 0. The predicted octanol–water partition coefficient (Wildman–Crippen LogP) is 2.03. The molecule has 0 atom stereocenters. The highest BCUT2D eigenvalue weighted by molar-refractivity contribution is 6.16. The van der Waals surface area contributed by atoms with Crippen molar-refractivity contribution < 1.29 is 4.79 Å². The van der Waals surface area contributed by atoms with Crippen LogP contribution in [0.5, 0.6) is 0 Å². The lowest BCUT2D eigenvalue weighted by Gasteiger charge is -2.09. The number of aromatic nitrogens is 2. The van der Waals surface area contributed by atoms with Gasteiger partial charge in [0.1, 0.15) is 17.2 Å². The number of amides is 1. The van der Waals surface area contributed by atoms with Crippen LogP contribution in [0.25, 0.3) is 0 Å². The van der Waals surface area contributed by atoms with Gasteiger partial charge in [-0.25, -0.2) is 9.97 Å². The summed E-state index contributed by atoms with van der Waals surface area (Å²) in [6, 6.07) is 7.36. The quantitative estimate of drug-likeness (QED) is 0.823. The molecule has 2 rings (SSSR count). The minimum Gasteiger partial charge on any atom is -0.365 e. The third-order valence-electron chi connectivity index (χ3n) is 2.72. The number of nitrogens with two attached hydrogens (primary N) is 1. The third-order valence-corrected chi connectivity index (χ3v) is 2.72. The van der Waals surface area contributed by atoms with E-state index in [0.717, 1.165) is 11.4 Å². The number of benzene rings is 1. The summed E-state index contributed by atoms with van der Waals surface area (Å²) in [5, 5.41) is 3.07. The van der Waals surface area contributed by atoms with Crippen LogP contribution in [0.1, 0.15) is 16.2 Å². The summed E-state index contributed by atoms with van der Waals surface area (Å²) in [6.45, 7) is 1.74. The molecule has 0 bridgehead atoms. The summed E-state index contributed by atoms with van der Waals surface area (Å²) in [4.78, 5) is 27.7. The molecule has 112 valence electrons. The van der Waals surface area contributed by atoms with Crippen LogP contribution in [0.4, 0.5) is 17.2 Å². The van der Waals surface area contributed by atoms with E-state index in [4.69, 9.17) is 5.73 Å². The molecule has 0 aliphatic heterocycles. The van der Waals surface area contributed by atoms with Gasteiger partial charge in [0.25, 0.3) is 5.91 Å². The molecule has 0 unspecified atom stereocenters. The first-order valence-corrected chi connectivity index (χ1v) is 6.55. The maximum absolute atomic E-state index is 11.4. The number of rotatable bonds is 5. The van der Waals surface area contributed by atoms with Crippen molar-refractivity contribution in [2.24, 2.45) is 15.7 Å². The van der Waals surface area contributed by atoms with E-state index in [1.54, 1.807) is 26.4 Å². The number of hydrogen-bond donors (Lipinski definition) is 2. The molecule has 1 aromatic heterocycles. The number of hydrogen-bond acceptors (Lipinski definition) is 6. The molecule has 2 aromatic rings. The largest absolute Gasteiger partial charge is 0.365 e. The van der Waals surface area contributed by atoms with Gasteiger partial charge < -0.3 is 11.1 Å². The predicted molar refractivity (Wildman–Crippen MR) is 87.6 cm³/mol. The molecule has 0 radical (unpaired) electrons. The van der Waals surface area contributed by atoms with Crippen molar-refractivity contribution in [3.05, 3.63) is 41.9 Å². The number of primary amides is 1. The second-order valence-corrected chi connectivity index (χ2v) is 4.40. The Morgan fingerprint density at radius 3 is 2.91 bits per heavy atom. The molecule has 7 nitrogen and oxygen atoms in total. The maximum atomic E-state index is 11.4. The van der Waals surface area contributed by atoms with E-state index in [2.05, 4.69) is 25.3 Å². The van der Waals surface area contributed by atoms with Gasteiger partial charge >= 0.3 is 0 Å². The summed E-state index contributed by atoms with van der Waals surface area (Å²) in [5.41, 5.74) is 7.05. The highest BCUT2D eigenvalue weighted by Gasteiger charge is 2.11. The molecule has 0 saturated carbocycles. The average Bonchev–Trinajstić information content (AvgIpc) is 2.48. The highest BCUT2D eigenvalue weighted by Crippen LogP contribution is 2.22. The fourth-order valence-corrected chi connectivity index (χ4v) is 1.73. The molecule has 0 saturated heterocycles. The van der Waals surface area contributed by atoms with Crippen LogP contribution in [0, 0.1) is 6.92 Å². The van der Waals surface area contributed by atoms with Crippen LogP contribution in [0.2, 0.25) is 0 Å². The number of anilines is 2. The average molecular weight is 296 g/mol. The van der Waals surface area contributed by atoms with Crippen LogP contribution in [-0.4, -0.2) is 35.4 Å². The van der Waals surface area contributed by atoms with Crippen molar-refractivity contribution in [1.82, 2.24) is 9.97 Å². The minimum atomic E-state index is -0.587. The van der Waals surface area contributed by atoms with E-state index in [0.29, 0.717) is 11.6 Å². The molecule has 0 aliphatic carbocycles. The molecule has 7 heteroatoms. The van der Waals surface area contributed by atoms with E-state index in [1.165, 1.54) is 6.20 Å². The number of carbonyl (C=O) groups is 1. The lowest BCUT2D eigenvalue weighted by atomic mass is 10.2. The fourth-order valence-electron chi connectivity index (χ4n) is 1.73.